The average Bonchev–Trinajstić information content (AvgIpc) is 3.57. The van der Waals surface area contributed by atoms with Gasteiger partial charge in [0.05, 0.1) is 11.8 Å². The van der Waals surface area contributed by atoms with Gasteiger partial charge in [-0.3, -0.25) is 4.79 Å². The van der Waals surface area contributed by atoms with Crippen LogP contribution in [0.2, 0.25) is 0 Å². The molecule has 1 aromatic carbocycles. The molecule has 0 spiro atoms. The highest BCUT2D eigenvalue weighted by Crippen LogP contribution is 2.27. The van der Waals surface area contributed by atoms with E-state index < -0.39 is 16.2 Å². The zero-order chi connectivity index (χ0) is 29.1. The van der Waals surface area contributed by atoms with E-state index in [1.165, 1.54) is 23.5 Å². The summed E-state index contributed by atoms with van der Waals surface area (Å²) < 4.78 is 31.3. The lowest BCUT2D eigenvalue weighted by molar-refractivity contribution is 0.0700. The molecule has 5 rings (SSSR count). The summed E-state index contributed by atoms with van der Waals surface area (Å²) in [5.41, 5.74) is 1.88. The third-order valence-corrected chi connectivity index (χ3v) is 9.03. The van der Waals surface area contributed by atoms with Gasteiger partial charge in [0, 0.05) is 42.8 Å². The molecule has 1 fully saturated rings. The number of amides is 2. The molecule has 12 nitrogen and oxygen atoms in total. The van der Waals surface area contributed by atoms with Crippen LogP contribution in [0.1, 0.15) is 49.2 Å². The third kappa shape index (κ3) is 6.49. The summed E-state index contributed by atoms with van der Waals surface area (Å²) in [6.45, 7) is 6.63. The number of nitrogens with one attached hydrogen (secondary N) is 2. The second kappa shape index (κ2) is 11.8. The molecule has 41 heavy (non-hydrogen) atoms. The van der Waals surface area contributed by atoms with E-state index in [0.29, 0.717) is 37.6 Å². The van der Waals surface area contributed by atoms with E-state index in [2.05, 4.69) is 32.6 Å². The van der Waals surface area contributed by atoms with E-state index in [4.69, 9.17) is 4.18 Å². The van der Waals surface area contributed by atoms with Crippen LogP contribution in [0.3, 0.4) is 0 Å². The van der Waals surface area contributed by atoms with E-state index in [9.17, 15) is 18.0 Å². The van der Waals surface area contributed by atoms with Gasteiger partial charge in [-0.2, -0.15) is 13.5 Å². The standard InChI is InChI=1S/C27H31N7O5S2/c1-4-18(3)29-23-15-22(31-24(32-23)21-16-28-34-13-14-40-26(21)34)25(35)33-11-9-19(10-12-33)30-27(36)39-41(37,38)20-7-5-17(2)6-8-20/h5-8,13-16,18-19H,4,9-12H2,1-3H3,(H,30,36)(H,29,31,32)/t18-/m1/s1. The topological polar surface area (TPSA) is 148 Å². The van der Waals surface area contributed by atoms with Crippen LogP contribution in [-0.2, 0) is 14.3 Å². The number of rotatable bonds is 8. The van der Waals surface area contributed by atoms with Gasteiger partial charge in [0.15, 0.2) is 5.82 Å². The van der Waals surface area contributed by atoms with Crippen molar-refractivity contribution in [1.82, 2.24) is 29.8 Å². The van der Waals surface area contributed by atoms with Gasteiger partial charge in [0.25, 0.3) is 5.91 Å². The quantitative estimate of drug-likeness (QED) is 0.287. The Morgan fingerprint density at radius 2 is 1.90 bits per heavy atom. The Labute approximate surface area is 241 Å². The maximum absolute atomic E-state index is 13.5. The summed E-state index contributed by atoms with van der Waals surface area (Å²) in [4.78, 5) is 37.6. The Morgan fingerprint density at radius 1 is 1.17 bits per heavy atom. The molecule has 0 saturated carbocycles. The van der Waals surface area contributed by atoms with Gasteiger partial charge in [-0.1, -0.05) is 24.6 Å². The lowest BCUT2D eigenvalue weighted by atomic mass is 10.0. The Hall–Kier alpha value is -4.04. The van der Waals surface area contributed by atoms with E-state index >= 15 is 0 Å². The molecule has 1 aliphatic rings. The number of thiazole rings is 1. The number of fused-ring (bicyclic) bond motifs is 1. The fraction of sp³-hybridized carbons (Fsp3) is 0.370. The van der Waals surface area contributed by atoms with Gasteiger partial charge in [-0.05, 0) is 45.2 Å². The molecule has 1 saturated heterocycles. The maximum Gasteiger partial charge on any atom is 0.423 e. The van der Waals surface area contributed by atoms with Crippen molar-refractivity contribution in [3.05, 3.63) is 59.4 Å². The molecule has 0 aliphatic carbocycles. The van der Waals surface area contributed by atoms with Gasteiger partial charge in [0.2, 0.25) is 0 Å². The molecule has 0 bridgehead atoms. The van der Waals surface area contributed by atoms with E-state index in [0.717, 1.165) is 22.4 Å². The van der Waals surface area contributed by atoms with Crippen molar-refractivity contribution in [2.75, 3.05) is 18.4 Å². The maximum atomic E-state index is 13.5. The van der Waals surface area contributed by atoms with Crippen molar-refractivity contribution in [2.45, 2.75) is 57.0 Å². The van der Waals surface area contributed by atoms with Crippen LogP contribution >= 0.6 is 11.3 Å². The molecule has 4 heterocycles. The minimum atomic E-state index is -4.24. The molecule has 2 amide bonds. The van der Waals surface area contributed by atoms with Crippen LogP contribution in [0.4, 0.5) is 10.6 Å². The van der Waals surface area contributed by atoms with Crippen LogP contribution in [0.15, 0.2) is 53.0 Å². The molecule has 3 aromatic heterocycles. The number of aryl methyl sites for hydroxylation is 1. The smallest absolute Gasteiger partial charge is 0.367 e. The Morgan fingerprint density at radius 3 is 2.61 bits per heavy atom. The van der Waals surface area contributed by atoms with Gasteiger partial charge >= 0.3 is 16.2 Å². The number of aromatic nitrogens is 4. The number of anilines is 1. The summed E-state index contributed by atoms with van der Waals surface area (Å²) >= 11 is 1.51. The van der Waals surface area contributed by atoms with E-state index in [-0.39, 0.29) is 28.6 Å². The average molecular weight is 598 g/mol. The second-order valence-corrected chi connectivity index (χ2v) is 12.4. The minimum absolute atomic E-state index is 0.0963. The first-order chi connectivity index (χ1) is 19.6. The van der Waals surface area contributed by atoms with Crippen molar-refractivity contribution >= 4 is 44.1 Å². The summed E-state index contributed by atoms with van der Waals surface area (Å²) in [5.74, 6) is 0.712. The van der Waals surface area contributed by atoms with E-state index in [1.54, 1.807) is 33.8 Å². The molecule has 14 heteroatoms. The van der Waals surface area contributed by atoms with Crippen molar-refractivity contribution in [1.29, 1.82) is 0 Å². The summed E-state index contributed by atoms with van der Waals surface area (Å²) in [7, 11) is -4.24. The van der Waals surface area contributed by atoms with Crippen molar-refractivity contribution in [3.63, 3.8) is 0 Å². The first-order valence-corrected chi connectivity index (χ1v) is 15.6. The first-order valence-electron chi connectivity index (χ1n) is 13.3. The zero-order valence-electron chi connectivity index (χ0n) is 22.9. The highest BCUT2D eigenvalue weighted by molar-refractivity contribution is 7.87. The third-order valence-electron chi connectivity index (χ3n) is 6.92. The largest absolute Gasteiger partial charge is 0.423 e. The van der Waals surface area contributed by atoms with E-state index in [1.807, 2.05) is 25.4 Å². The monoisotopic (exact) mass is 597 g/mol. The zero-order valence-corrected chi connectivity index (χ0v) is 24.5. The number of hydrogen-bond acceptors (Lipinski definition) is 10. The molecule has 1 atom stereocenters. The van der Waals surface area contributed by atoms with Gasteiger partial charge in [-0.15, -0.1) is 11.3 Å². The fourth-order valence-electron chi connectivity index (χ4n) is 4.42. The molecule has 4 aromatic rings. The number of carbonyl (C=O) groups excluding carboxylic acids is 2. The van der Waals surface area contributed by atoms with Gasteiger partial charge in [-0.25, -0.2) is 19.3 Å². The number of nitrogens with zero attached hydrogens (tertiary/aromatic N) is 5. The summed E-state index contributed by atoms with van der Waals surface area (Å²) in [5, 5.41) is 12.2. The normalized spacial score (nSPS) is 15.0. The summed E-state index contributed by atoms with van der Waals surface area (Å²) in [6.07, 6.45) is 4.24. The Kier molecular flexibility index (Phi) is 8.22. The fourth-order valence-corrected chi connectivity index (χ4v) is 6.02. The number of carbonyl (C=O) groups is 2. The van der Waals surface area contributed by atoms with Crippen LogP contribution < -0.4 is 10.6 Å². The van der Waals surface area contributed by atoms with Crippen molar-refractivity contribution in [3.8, 4) is 11.4 Å². The second-order valence-electron chi connectivity index (χ2n) is 9.98. The van der Waals surface area contributed by atoms with Crippen LogP contribution in [-0.4, -0.2) is 70.1 Å². The molecule has 216 valence electrons. The highest BCUT2D eigenvalue weighted by atomic mass is 32.2. The predicted octanol–water partition coefficient (Wildman–Crippen LogP) is 4.09. The number of likely N-dealkylation sites (tertiary alicyclic amines) is 1. The first kappa shape index (κ1) is 28.5. The lowest BCUT2D eigenvalue weighted by Crippen LogP contribution is -2.47. The molecule has 0 radical (unpaired) electrons. The molecule has 0 unspecified atom stereocenters. The minimum Gasteiger partial charge on any atom is -0.367 e. The molecule has 2 N–H and O–H groups in total. The van der Waals surface area contributed by atoms with Crippen LogP contribution in [0, 0.1) is 6.92 Å². The van der Waals surface area contributed by atoms with Gasteiger partial charge in [0.1, 0.15) is 21.2 Å². The Bertz CT molecular complexity index is 1660. The molecule has 1 aliphatic heterocycles. The molecular weight excluding hydrogens is 566 g/mol. The number of benzene rings is 1. The van der Waals surface area contributed by atoms with Crippen LogP contribution in [0.25, 0.3) is 16.2 Å². The van der Waals surface area contributed by atoms with Crippen LogP contribution in [0.5, 0.6) is 0 Å². The lowest BCUT2D eigenvalue weighted by Gasteiger charge is -2.32. The molecular formula is C27H31N7O5S2. The Balaban J connectivity index is 1.25. The van der Waals surface area contributed by atoms with Crippen molar-refractivity contribution in [2.24, 2.45) is 0 Å². The predicted molar refractivity (Wildman–Crippen MR) is 154 cm³/mol. The van der Waals surface area contributed by atoms with Gasteiger partial charge < -0.3 is 19.7 Å². The number of piperidine rings is 1. The highest BCUT2D eigenvalue weighted by Gasteiger charge is 2.28. The SMILES string of the molecule is CC[C@@H](C)Nc1cc(C(=O)N2CCC(NC(=O)OS(=O)(=O)c3ccc(C)cc3)CC2)nc(-c2cnn3ccsc23)n1. The van der Waals surface area contributed by atoms with Crippen molar-refractivity contribution < 1.29 is 22.2 Å². The summed E-state index contributed by atoms with van der Waals surface area (Å²) in [6, 6.07) is 7.49. The number of hydrogen-bond donors (Lipinski definition) is 2.